The van der Waals surface area contributed by atoms with Gasteiger partial charge in [0.2, 0.25) is 0 Å². The van der Waals surface area contributed by atoms with Crippen molar-refractivity contribution in [1.29, 1.82) is 0 Å². The molecule has 2 rings (SSSR count). The van der Waals surface area contributed by atoms with Crippen molar-refractivity contribution < 1.29 is 17.9 Å². The molecule has 2 nitrogen and oxygen atoms in total. The van der Waals surface area contributed by atoms with Crippen molar-refractivity contribution in [2.45, 2.75) is 25.1 Å². The summed E-state index contributed by atoms with van der Waals surface area (Å²) in [5.41, 5.74) is -0.171. The summed E-state index contributed by atoms with van der Waals surface area (Å²) in [7, 11) is 1.35. The molecule has 1 aromatic rings. The van der Waals surface area contributed by atoms with Gasteiger partial charge >= 0.3 is 6.18 Å². The second kappa shape index (κ2) is 4.97. The molecule has 6 heteroatoms. The molecule has 0 aliphatic carbocycles. The average molecular weight is 280 g/mol. The van der Waals surface area contributed by atoms with Crippen molar-refractivity contribution in [2.24, 2.45) is 0 Å². The van der Waals surface area contributed by atoms with E-state index < -0.39 is 11.7 Å². The van der Waals surface area contributed by atoms with Crippen LogP contribution in [0, 0.1) is 0 Å². The predicted molar refractivity (Wildman–Crippen MR) is 63.0 cm³/mol. The quantitative estimate of drug-likeness (QED) is 0.889. The molecule has 100 valence electrons. The van der Waals surface area contributed by atoms with Crippen molar-refractivity contribution in [3.05, 3.63) is 28.3 Å². The first-order valence-corrected chi connectivity index (χ1v) is 5.99. The van der Waals surface area contributed by atoms with Gasteiger partial charge in [0.15, 0.2) is 0 Å². The second-order valence-corrected chi connectivity index (χ2v) is 4.63. The van der Waals surface area contributed by atoms with E-state index in [4.69, 9.17) is 16.3 Å². The third-order valence-electron chi connectivity index (χ3n) is 3.05. The molecule has 1 saturated heterocycles. The maximum absolute atomic E-state index is 12.7. The van der Waals surface area contributed by atoms with Crippen molar-refractivity contribution >= 4 is 11.6 Å². The number of halogens is 4. The number of methoxy groups -OCH3 is 1. The van der Waals surface area contributed by atoms with Gasteiger partial charge in [-0.1, -0.05) is 11.6 Å². The molecule has 0 radical (unpaired) electrons. The van der Waals surface area contributed by atoms with Gasteiger partial charge in [-0.25, -0.2) is 0 Å². The van der Waals surface area contributed by atoms with Gasteiger partial charge in [-0.15, -0.1) is 0 Å². The Morgan fingerprint density at radius 3 is 2.61 bits per heavy atom. The summed E-state index contributed by atoms with van der Waals surface area (Å²) in [6.45, 7) is 0.838. The highest BCUT2D eigenvalue weighted by atomic mass is 35.5. The number of ether oxygens (including phenoxy) is 1. The Morgan fingerprint density at radius 1 is 1.39 bits per heavy atom. The average Bonchev–Trinajstić information content (AvgIpc) is 2.79. The van der Waals surface area contributed by atoms with Crippen molar-refractivity contribution in [3.8, 4) is 5.75 Å². The third-order valence-corrected chi connectivity index (χ3v) is 3.36. The van der Waals surface area contributed by atoms with Gasteiger partial charge in [-0.2, -0.15) is 13.2 Å². The van der Waals surface area contributed by atoms with Gasteiger partial charge in [-0.05, 0) is 31.5 Å². The highest BCUT2D eigenvalue weighted by Crippen LogP contribution is 2.41. The fourth-order valence-electron chi connectivity index (χ4n) is 2.19. The monoisotopic (exact) mass is 279 g/mol. The van der Waals surface area contributed by atoms with Crippen LogP contribution in [0.3, 0.4) is 0 Å². The van der Waals surface area contributed by atoms with E-state index >= 15 is 0 Å². The number of alkyl halides is 3. The molecule has 1 atom stereocenters. The van der Waals surface area contributed by atoms with Crippen LogP contribution < -0.4 is 10.1 Å². The van der Waals surface area contributed by atoms with Crippen LogP contribution in [0.5, 0.6) is 5.75 Å². The van der Waals surface area contributed by atoms with Crippen LogP contribution in [0.2, 0.25) is 5.02 Å². The van der Waals surface area contributed by atoms with Crippen LogP contribution in [0.15, 0.2) is 12.1 Å². The summed E-state index contributed by atoms with van der Waals surface area (Å²) in [5.74, 6) is 0.189. The van der Waals surface area contributed by atoms with E-state index in [0.29, 0.717) is 5.56 Å². The predicted octanol–water partition coefficient (Wildman–Crippen LogP) is 3.79. The Hall–Kier alpha value is -0.940. The normalized spacial score (nSPS) is 20.2. The van der Waals surface area contributed by atoms with E-state index in [1.165, 1.54) is 7.11 Å². The molecule has 0 aromatic heterocycles. The molecule has 0 amide bonds. The van der Waals surface area contributed by atoms with E-state index in [2.05, 4.69) is 5.32 Å². The Balaban J connectivity index is 2.47. The maximum Gasteiger partial charge on any atom is 0.416 e. The van der Waals surface area contributed by atoms with Gasteiger partial charge in [0, 0.05) is 16.6 Å². The molecule has 1 N–H and O–H groups in total. The molecule has 1 unspecified atom stereocenters. The molecule has 1 aromatic carbocycles. The molecule has 1 fully saturated rings. The molecule has 18 heavy (non-hydrogen) atoms. The Bertz CT molecular complexity index is 442. The first-order valence-electron chi connectivity index (χ1n) is 5.61. The first-order chi connectivity index (χ1) is 8.43. The minimum Gasteiger partial charge on any atom is -0.496 e. The van der Waals surface area contributed by atoms with Crippen LogP contribution >= 0.6 is 11.6 Å². The zero-order chi connectivity index (χ0) is 13.3. The van der Waals surface area contributed by atoms with Crippen molar-refractivity contribution in [3.63, 3.8) is 0 Å². The van der Waals surface area contributed by atoms with Crippen LogP contribution in [0.25, 0.3) is 0 Å². The van der Waals surface area contributed by atoms with Gasteiger partial charge < -0.3 is 10.1 Å². The fraction of sp³-hybridized carbons (Fsp3) is 0.500. The number of benzene rings is 1. The largest absolute Gasteiger partial charge is 0.496 e. The SMILES string of the molecule is COc1cc(C(F)(F)F)cc(Cl)c1C1CCCN1. The first kappa shape index (κ1) is 13.5. The summed E-state index contributed by atoms with van der Waals surface area (Å²) in [6, 6.07) is 1.93. The minimum absolute atomic E-state index is 0.0327. The second-order valence-electron chi connectivity index (χ2n) is 4.22. The summed E-state index contributed by atoms with van der Waals surface area (Å²) >= 11 is 5.98. The third kappa shape index (κ3) is 2.57. The lowest BCUT2D eigenvalue weighted by Crippen LogP contribution is -2.15. The number of hydrogen-bond acceptors (Lipinski definition) is 2. The van der Waals surface area contributed by atoms with Crippen LogP contribution in [0.4, 0.5) is 13.2 Å². The van der Waals surface area contributed by atoms with Gasteiger partial charge in [0.1, 0.15) is 5.75 Å². The van der Waals surface area contributed by atoms with E-state index in [0.717, 1.165) is 31.5 Å². The zero-order valence-electron chi connectivity index (χ0n) is 9.77. The lowest BCUT2D eigenvalue weighted by Gasteiger charge is -2.19. The Labute approximate surface area is 108 Å². The van der Waals surface area contributed by atoms with E-state index in [-0.39, 0.29) is 16.8 Å². The topological polar surface area (TPSA) is 21.3 Å². The minimum atomic E-state index is -4.42. The van der Waals surface area contributed by atoms with Gasteiger partial charge in [-0.3, -0.25) is 0 Å². The maximum atomic E-state index is 12.7. The summed E-state index contributed by atoms with van der Waals surface area (Å²) < 4.78 is 43.0. The molecular weight excluding hydrogens is 267 g/mol. The highest BCUT2D eigenvalue weighted by Gasteiger charge is 2.33. The molecule has 1 aliphatic rings. The summed E-state index contributed by atoms with van der Waals surface area (Å²) in [6.07, 6.45) is -2.59. The standard InChI is InChI=1S/C12H13ClF3NO/c1-18-10-6-7(12(14,15)16)5-8(13)11(10)9-3-2-4-17-9/h5-6,9,17H,2-4H2,1H3. The Morgan fingerprint density at radius 2 is 2.11 bits per heavy atom. The molecular formula is C12H13ClF3NO. The molecule has 1 aliphatic heterocycles. The summed E-state index contributed by atoms with van der Waals surface area (Å²) in [5, 5.41) is 3.30. The van der Waals surface area contributed by atoms with E-state index in [1.54, 1.807) is 0 Å². The van der Waals surface area contributed by atoms with E-state index in [9.17, 15) is 13.2 Å². The van der Waals surface area contributed by atoms with Crippen molar-refractivity contribution in [2.75, 3.05) is 13.7 Å². The van der Waals surface area contributed by atoms with Crippen LogP contribution in [-0.4, -0.2) is 13.7 Å². The highest BCUT2D eigenvalue weighted by molar-refractivity contribution is 6.31. The zero-order valence-corrected chi connectivity index (χ0v) is 10.5. The number of hydrogen-bond donors (Lipinski definition) is 1. The molecule has 0 spiro atoms. The van der Waals surface area contributed by atoms with E-state index in [1.807, 2.05) is 0 Å². The Kier molecular flexibility index (Phi) is 3.73. The lowest BCUT2D eigenvalue weighted by molar-refractivity contribution is -0.137. The lowest BCUT2D eigenvalue weighted by atomic mass is 10.0. The number of rotatable bonds is 2. The van der Waals surface area contributed by atoms with Gasteiger partial charge in [0.25, 0.3) is 0 Å². The van der Waals surface area contributed by atoms with Crippen molar-refractivity contribution in [1.82, 2.24) is 5.32 Å². The van der Waals surface area contributed by atoms with Crippen LogP contribution in [0.1, 0.15) is 30.0 Å². The fourth-order valence-corrected chi connectivity index (χ4v) is 2.54. The molecule has 1 heterocycles. The smallest absolute Gasteiger partial charge is 0.416 e. The summed E-state index contributed by atoms with van der Waals surface area (Å²) in [4.78, 5) is 0. The molecule has 0 saturated carbocycles. The number of nitrogens with one attached hydrogen (secondary N) is 1. The van der Waals surface area contributed by atoms with Crippen LogP contribution in [-0.2, 0) is 6.18 Å². The molecule has 0 bridgehead atoms. The van der Waals surface area contributed by atoms with Gasteiger partial charge in [0.05, 0.1) is 12.7 Å².